The molecule has 146 valence electrons. The molecule has 0 N–H and O–H groups in total. The van der Waals surface area contributed by atoms with Crippen LogP contribution in [0.4, 0.5) is 10.5 Å². The van der Waals surface area contributed by atoms with Crippen LogP contribution in [0, 0.1) is 27.7 Å². The second-order valence-electron chi connectivity index (χ2n) is 7.30. The number of benzene rings is 2. The minimum Gasteiger partial charge on any atom is -0.318 e. The summed E-state index contributed by atoms with van der Waals surface area (Å²) in [5.74, 6) is -0.275. The van der Waals surface area contributed by atoms with Crippen molar-refractivity contribution in [2.75, 3.05) is 4.90 Å². The summed E-state index contributed by atoms with van der Waals surface area (Å²) in [6.07, 6.45) is 1.83. The molecule has 0 atom stereocenters. The lowest BCUT2D eigenvalue weighted by molar-refractivity contribution is -0.113. The first-order valence-corrected chi connectivity index (χ1v) is 10.3. The fourth-order valence-electron chi connectivity index (χ4n) is 3.67. The lowest BCUT2D eigenvalue weighted by Gasteiger charge is -2.13. The molecule has 1 aliphatic heterocycles. The first-order valence-electron chi connectivity index (χ1n) is 9.46. The minimum absolute atomic E-state index is 0.268. The first-order chi connectivity index (χ1) is 13.9. The van der Waals surface area contributed by atoms with Gasteiger partial charge in [-0.05, 0) is 86.5 Å². The van der Waals surface area contributed by atoms with Crippen LogP contribution in [0.5, 0.6) is 0 Å². The number of aryl methyl sites for hydroxylation is 3. The molecule has 0 bridgehead atoms. The molecule has 2 aromatic carbocycles. The monoisotopic (exact) mass is 402 g/mol. The van der Waals surface area contributed by atoms with E-state index in [1.54, 1.807) is 12.1 Å². The lowest BCUT2D eigenvalue weighted by atomic mass is 10.1. The number of amides is 2. The molecule has 0 spiro atoms. The standard InChI is InChI=1S/C24H22N2O2S/c1-15-10-11-16(2)21(12-15)25-17(3)13-19(18(25)4)14-22-23(27)26(24(28)29-22)20-8-6-5-7-9-20/h5-14H,1-4H3/b22-14-. The van der Waals surface area contributed by atoms with Crippen LogP contribution in [0.15, 0.2) is 59.5 Å². The van der Waals surface area contributed by atoms with Crippen molar-refractivity contribution in [1.82, 2.24) is 4.57 Å². The molecular weight excluding hydrogens is 380 g/mol. The van der Waals surface area contributed by atoms with Crippen molar-refractivity contribution in [3.8, 4) is 5.69 Å². The summed E-state index contributed by atoms with van der Waals surface area (Å²) < 4.78 is 2.20. The molecule has 0 saturated carbocycles. The maximum atomic E-state index is 12.9. The quantitative estimate of drug-likeness (QED) is 0.508. The van der Waals surface area contributed by atoms with E-state index in [9.17, 15) is 9.59 Å². The second kappa shape index (κ2) is 7.41. The Labute approximate surface area is 174 Å². The van der Waals surface area contributed by atoms with Gasteiger partial charge >= 0.3 is 0 Å². The van der Waals surface area contributed by atoms with Crippen molar-refractivity contribution in [3.05, 3.63) is 87.6 Å². The van der Waals surface area contributed by atoms with Crippen LogP contribution in [0.2, 0.25) is 0 Å². The number of hydrogen-bond acceptors (Lipinski definition) is 3. The number of hydrogen-bond donors (Lipinski definition) is 0. The number of imide groups is 1. The molecule has 3 aromatic rings. The van der Waals surface area contributed by atoms with Crippen LogP contribution in [-0.4, -0.2) is 15.7 Å². The highest BCUT2D eigenvalue weighted by Crippen LogP contribution is 2.36. The van der Waals surface area contributed by atoms with Gasteiger partial charge in [0.2, 0.25) is 0 Å². The van der Waals surface area contributed by atoms with Crippen LogP contribution < -0.4 is 4.90 Å². The summed E-state index contributed by atoms with van der Waals surface area (Å²) in [5, 5.41) is -0.268. The van der Waals surface area contributed by atoms with Crippen molar-refractivity contribution >= 4 is 34.7 Å². The maximum absolute atomic E-state index is 12.9. The molecule has 0 unspecified atom stereocenters. The molecule has 1 fully saturated rings. The van der Waals surface area contributed by atoms with E-state index in [4.69, 9.17) is 0 Å². The normalized spacial score (nSPS) is 15.6. The lowest BCUT2D eigenvalue weighted by Crippen LogP contribution is -2.27. The van der Waals surface area contributed by atoms with Gasteiger partial charge in [-0.1, -0.05) is 30.3 Å². The van der Waals surface area contributed by atoms with Gasteiger partial charge in [0.15, 0.2) is 0 Å². The summed E-state index contributed by atoms with van der Waals surface area (Å²) in [6.45, 7) is 8.28. The van der Waals surface area contributed by atoms with Crippen molar-refractivity contribution in [2.45, 2.75) is 27.7 Å². The molecule has 5 heteroatoms. The van der Waals surface area contributed by atoms with Crippen LogP contribution >= 0.6 is 11.8 Å². The Morgan fingerprint density at radius 1 is 0.897 bits per heavy atom. The fraction of sp³-hybridized carbons (Fsp3) is 0.167. The van der Waals surface area contributed by atoms with Gasteiger partial charge in [0, 0.05) is 17.1 Å². The third-order valence-corrected chi connectivity index (χ3v) is 6.04. The number of nitrogens with zero attached hydrogens (tertiary/aromatic N) is 2. The molecular formula is C24H22N2O2S. The van der Waals surface area contributed by atoms with E-state index >= 15 is 0 Å². The molecule has 0 aliphatic carbocycles. The maximum Gasteiger partial charge on any atom is 0.298 e. The van der Waals surface area contributed by atoms with Gasteiger partial charge in [0.25, 0.3) is 11.1 Å². The van der Waals surface area contributed by atoms with Crippen molar-refractivity contribution in [1.29, 1.82) is 0 Å². The van der Waals surface area contributed by atoms with Gasteiger partial charge in [-0.3, -0.25) is 9.59 Å². The van der Waals surface area contributed by atoms with Gasteiger partial charge in [0.1, 0.15) is 0 Å². The molecule has 1 aliphatic rings. The highest BCUT2D eigenvalue weighted by molar-refractivity contribution is 8.19. The Morgan fingerprint density at radius 2 is 1.62 bits per heavy atom. The molecule has 2 heterocycles. The molecule has 4 rings (SSSR count). The Balaban J connectivity index is 1.74. The number of aromatic nitrogens is 1. The fourth-order valence-corrected chi connectivity index (χ4v) is 4.51. The Hall–Kier alpha value is -3.05. The number of anilines is 1. The predicted octanol–water partition coefficient (Wildman–Crippen LogP) is 5.95. The zero-order valence-corrected chi connectivity index (χ0v) is 17.7. The van der Waals surface area contributed by atoms with E-state index in [0.717, 1.165) is 34.4 Å². The first kappa shape index (κ1) is 19.3. The van der Waals surface area contributed by atoms with Crippen molar-refractivity contribution < 1.29 is 9.59 Å². The second-order valence-corrected chi connectivity index (χ2v) is 8.30. The molecule has 29 heavy (non-hydrogen) atoms. The Bertz CT molecular complexity index is 1160. The summed E-state index contributed by atoms with van der Waals surface area (Å²) in [7, 11) is 0. The van der Waals surface area contributed by atoms with Gasteiger partial charge in [-0.15, -0.1) is 0 Å². The van der Waals surface area contributed by atoms with Gasteiger partial charge in [-0.2, -0.15) is 0 Å². The zero-order valence-electron chi connectivity index (χ0n) is 16.9. The Morgan fingerprint density at radius 3 is 2.34 bits per heavy atom. The SMILES string of the molecule is Cc1ccc(C)c(-n2c(C)cc(/C=C3\SC(=O)N(c4ccccc4)C3=O)c2C)c1. The van der Waals surface area contributed by atoms with Crippen LogP contribution in [0.25, 0.3) is 11.8 Å². The van der Waals surface area contributed by atoms with Gasteiger partial charge < -0.3 is 4.57 Å². The zero-order chi connectivity index (χ0) is 20.7. The smallest absolute Gasteiger partial charge is 0.298 e. The molecule has 1 saturated heterocycles. The van der Waals surface area contributed by atoms with E-state index in [-0.39, 0.29) is 11.1 Å². The largest absolute Gasteiger partial charge is 0.318 e. The summed E-state index contributed by atoms with van der Waals surface area (Å²) in [5.41, 5.74) is 7.20. The van der Waals surface area contributed by atoms with Crippen LogP contribution in [0.3, 0.4) is 0 Å². The van der Waals surface area contributed by atoms with E-state index in [1.807, 2.05) is 31.2 Å². The van der Waals surface area contributed by atoms with E-state index in [1.165, 1.54) is 16.0 Å². The average molecular weight is 403 g/mol. The number of carbonyl (C=O) groups excluding carboxylic acids is 2. The highest BCUT2D eigenvalue weighted by Gasteiger charge is 2.36. The van der Waals surface area contributed by atoms with Gasteiger partial charge in [-0.25, -0.2) is 4.90 Å². The minimum atomic E-state index is -0.275. The number of thioether (sulfide) groups is 1. The molecule has 0 radical (unpaired) electrons. The molecule has 1 aromatic heterocycles. The van der Waals surface area contributed by atoms with E-state index in [0.29, 0.717) is 10.6 Å². The van der Waals surface area contributed by atoms with Gasteiger partial charge in [0.05, 0.1) is 10.6 Å². The van der Waals surface area contributed by atoms with Crippen molar-refractivity contribution in [2.24, 2.45) is 0 Å². The van der Waals surface area contributed by atoms with Crippen LogP contribution in [-0.2, 0) is 4.79 Å². The number of carbonyl (C=O) groups is 2. The van der Waals surface area contributed by atoms with E-state index < -0.39 is 0 Å². The third kappa shape index (κ3) is 3.42. The summed E-state index contributed by atoms with van der Waals surface area (Å²) in [6, 6.07) is 17.5. The van der Waals surface area contributed by atoms with Crippen LogP contribution in [0.1, 0.15) is 28.1 Å². The Kier molecular flexibility index (Phi) is 4.92. The molecule has 4 nitrogen and oxygen atoms in total. The van der Waals surface area contributed by atoms with Crippen molar-refractivity contribution in [3.63, 3.8) is 0 Å². The number of para-hydroxylation sites is 1. The average Bonchev–Trinajstić information content (AvgIpc) is 3.13. The topological polar surface area (TPSA) is 42.3 Å². The summed E-state index contributed by atoms with van der Waals surface area (Å²) in [4.78, 5) is 27.1. The summed E-state index contributed by atoms with van der Waals surface area (Å²) >= 11 is 0.986. The molecule has 2 amide bonds. The van der Waals surface area contributed by atoms with E-state index in [2.05, 4.69) is 49.6 Å². The highest BCUT2D eigenvalue weighted by atomic mass is 32.2. The third-order valence-electron chi connectivity index (χ3n) is 5.17. The number of rotatable bonds is 3. The predicted molar refractivity (Wildman–Crippen MR) is 120 cm³/mol.